The first-order chi connectivity index (χ1) is 9.35. The fourth-order valence-corrected chi connectivity index (χ4v) is 1.82. The lowest BCUT2D eigenvalue weighted by molar-refractivity contribution is 0.416. The third-order valence-corrected chi connectivity index (χ3v) is 2.77. The number of anilines is 2. The summed E-state index contributed by atoms with van der Waals surface area (Å²) < 4.78 is 10.6. The smallest absolute Gasteiger partial charge is 0.141 e. The Balaban J connectivity index is 1.96. The van der Waals surface area contributed by atoms with E-state index in [2.05, 4.69) is 10.6 Å². The van der Waals surface area contributed by atoms with E-state index in [9.17, 15) is 0 Å². The van der Waals surface area contributed by atoms with Gasteiger partial charge in [-0.1, -0.05) is 24.3 Å². The lowest BCUT2D eigenvalue weighted by Crippen LogP contribution is -2.12. The van der Waals surface area contributed by atoms with Crippen LogP contribution in [0.25, 0.3) is 0 Å². The fourth-order valence-electron chi connectivity index (χ4n) is 1.82. The Morgan fingerprint density at radius 3 is 1.58 bits per heavy atom. The highest BCUT2D eigenvalue weighted by atomic mass is 16.5. The zero-order chi connectivity index (χ0) is 13.5. The summed E-state index contributed by atoms with van der Waals surface area (Å²) in [6.07, 6.45) is 0. The highest BCUT2D eigenvalue weighted by Gasteiger charge is 2.02. The quantitative estimate of drug-likeness (QED) is 0.781. The maximum Gasteiger partial charge on any atom is 0.141 e. The van der Waals surface area contributed by atoms with Gasteiger partial charge in [0.2, 0.25) is 0 Å². The standard InChI is InChI=1S/C15H18N2O2/c1-18-14-9-5-3-7-12(14)16-11-17-13-8-4-6-10-15(13)19-2/h3-10,16-17H,11H2,1-2H3. The minimum atomic E-state index is 0.584. The molecular formula is C15H18N2O2. The second kappa shape index (κ2) is 6.54. The Morgan fingerprint density at radius 2 is 1.16 bits per heavy atom. The van der Waals surface area contributed by atoms with E-state index in [1.807, 2.05) is 48.5 Å². The SMILES string of the molecule is COc1ccccc1NCNc1ccccc1OC. The van der Waals surface area contributed by atoms with Crippen molar-refractivity contribution in [3.63, 3.8) is 0 Å². The topological polar surface area (TPSA) is 42.5 Å². The van der Waals surface area contributed by atoms with Crippen molar-refractivity contribution in [2.45, 2.75) is 0 Å². The molecule has 2 aromatic carbocycles. The molecule has 19 heavy (non-hydrogen) atoms. The zero-order valence-electron chi connectivity index (χ0n) is 11.1. The minimum absolute atomic E-state index is 0.584. The van der Waals surface area contributed by atoms with Crippen LogP contribution in [0.5, 0.6) is 11.5 Å². The first kappa shape index (κ1) is 13.1. The summed E-state index contributed by atoms with van der Waals surface area (Å²) in [6.45, 7) is 0.584. The summed E-state index contributed by atoms with van der Waals surface area (Å²) in [6, 6.07) is 15.6. The molecule has 2 aromatic rings. The molecule has 2 rings (SSSR count). The average Bonchev–Trinajstić information content (AvgIpc) is 2.48. The number of hydrogen-bond donors (Lipinski definition) is 2. The predicted molar refractivity (Wildman–Crippen MR) is 78.1 cm³/mol. The van der Waals surface area contributed by atoms with Crippen molar-refractivity contribution in [1.29, 1.82) is 0 Å². The van der Waals surface area contributed by atoms with Crippen LogP contribution in [0.4, 0.5) is 11.4 Å². The summed E-state index contributed by atoms with van der Waals surface area (Å²) in [5, 5.41) is 6.54. The number of ether oxygens (including phenoxy) is 2. The molecule has 0 bridgehead atoms. The van der Waals surface area contributed by atoms with Crippen LogP contribution in [0.2, 0.25) is 0 Å². The van der Waals surface area contributed by atoms with Gasteiger partial charge in [-0.2, -0.15) is 0 Å². The van der Waals surface area contributed by atoms with Crippen molar-refractivity contribution in [1.82, 2.24) is 0 Å². The second-order valence-electron chi connectivity index (χ2n) is 3.93. The average molecular weight is 258 g/mol. The molecule has 0 aliphatic carbocycles. The first-order valence-electron chi connectivity index (χ1n) is 6.09. The van der Waals surface area contributed by atoms with Gasteiger partial charge in [0, 0.05) is 0 Å². The lowest BCUT2D eigenvalue weighted by Gasteiger charge is -2.14. The van der Waals surface area contributed by atoms with Gasteiger partial charge in [-0.3, -0.25) is 0 Å². The molecule has 0 amide bonds. The molecule has 0 unspecified atom stereocenters. The normalized spacial score (nSPS) is 9.79. The van der Waals surface area contributed by atoms with E-state index in [0.717, 1.165) is 22.9 Å². The highest BCUT2D eigenvalue weighted by molar-refractivity contribution is 5.59. The molecule has 2 N–H and O–H groups in total. The van der Waals surface area contributed by atoms with E-state index >= 15 is 0 Å². The summed E-state index contributed by atoms with van der Waals surface area (Å²) in [7, 11) is 3.32. The molecule has 0 atom stereocenters. The van der Waals surface area contributed by atoms with Gasteiger partial charge in [0.05, 0.1) is 32.3 Å². The van der Waals surface area contributed by atoms with Crippen molar-refractivity contribution in [2.24, 2.45) is 0 Å². The summed E-state index contributed by atoms with van der Waals surface area (Å²) in [4.78, 5) is 0. The molecule has 0 radical (unpaired) electrons. The number of methoxy groups -OCH3 is 2. The lowest BCUT2D eigenvalue weighted by atomic mass is 10.3. The monoisotopic (exact) mass is 258 g/mol. The van der Waals surface area contributed by atoms with Crippen LogP contribution in [0.15, 0.2) is 48.5 Å². The Bertz CT molecular complexity index is 482. The molecule has 100 valence electrons. The molecule has 4 nitrogen and oxygen atoms in total. The van der Waals surface area contributed by atoms with Crippen LogP contribution in [0, 0.1) is 0 Å². The largest absolute Gasteiger partial charge is 0.495 e. The van der Waals surface area contributed by atoms with Crippen molar-refractivity contribution in [2.75, 3.05) is 31.5 Å². The number of nitrogens with one attached hydrogen (secondary N) is 2. The van der Waals surface area contributed by atoms with Gasteiger partial charge in [0.25, 0.3) is 0 Å². The molecule has 0 fully saturated rings. The van der Waals surface area contributed by atoms with Crippen LogP contribution >= 0.6 is 0 Å². The summed E-state index contributed by atoms with van der Waals surface area (Å²) in [5.41, 5.74) is 1.90. The van der Waals surface area contributed by atoms with Gasteiger partial charge in [0.1, 0.15) is 11.5 Å². The van der Waals surface area contributed by atoms with Crippen LogP contribution < -0.4 is 20.1 Å². The molecule has 0 heterocycles. The van der Waals surface area contributed by atoms with Crippen molar-refractivity contribution in [3.05, 3.63) is 48.5 Å². The van der Waals surface area contributed by atoms with E-state index in [1.54, 1.807) is 14.2 Å². The predicted octanol–water partition coefficient (Wildman–Crippen LogP) is 3.19. The number of rotatable bonds is 6. The van der Waals surface area contributed by atoms with Gasteiger partial charge in [-0.15, -0.1) is 0 Å². The number of benzene rings is 2. The van der Waals surface area contributed by atoms with E-state index in [0.29, 0.717) is 6.67 Å². The Kier molecular flexibility index (Phi) is 4.50. The molecule has 0 saturated carbocycles. The number of hydrogen-bond acceptors (Lipinski definition) is 4. The van der Waals surface area contributed by atoms with Gasteiger partial charge in [-0.25, -0.2) is 0 Å². The van der Waals surface area contributed by atoms with Gasteiger partial charge in [0.15, 0.2) is 0 Å². The van der Waals surface area contributed by atoms with E-state index in [1.165, 1.54) is 0 Å². The van der Waals surface area contributed by atoms with Gasteiger partial charge < -0.3 is 20.1 Å². The minimum Gasteiger partial charge on any atom is -0.495 e. The molecule has 0 aliphatic heterocycles. The van der Waals surface area contributed by atoms with Crippen LogP contribution in [-0.4, -0.2) is 20.9 Å². The molecule has 0 aromatic heterocycles. The van der Waals surface area contributed by atoms with Crippen molar-refractivity contribution < 1.29 is 9.47 Å². The Hall–Kier alpha value is -2.36. The third-order valence-electron chi connectivity index (χ3n) is 2.77. The second-order valence-corrected chi connectivity index (χ2v) is 3.93. The van der Waals surface area contributed by atoms with Crippen LogP contribution in [0.1, 0.15) is 0 Å². The van der Waals surface area contributed by atoms with Gasteiger partial charge in [-0.05, 0) is 24.3 Å². The van der Waals surface area contributed by atoms with E-state index in [4.69, 9.17) is 9.47 Å². The third kappa shape index (κ3) is 3.31. The maximum absolute atomic E-state index is 5.28. The maximum atomic E-state index is 5.28. The molecule has 4 heteroatoms. The molecule has 0 spiro atoms. The van der Waals surface area contributed by atoms with Crippen LogP contribution in [0.3, 0.4) is 0 Å². The van der Waals surface area contributed by atoms with Crippen LogP contribution in [-0.2, 0) is 0 Å². The molecule has 0 aliphatic rings. The first-order valence-corrected chi connectivity index (χ1v) is 6.09. The summed E-state index contributed by atoms with van der Waals surface area (Å²) in [5.74, 6) is 1.65. The molecular weight excluding hydrogens is 240 g/mol. The number of para-hydroxylation sites is 4. The van der Waals surface area contributed by atoms with Crippen molar-refractivity contribution >= 4 is 11.4 Å². The highest BCUT2D eigenvalue weighted by Crippen LogP contribution is 2.25. The molecule has 0 saturated heterocycles. The Morgan fingerprint density at radius 1 is 0.737 bits per heavy atom. The van der Waals surface area contributed by atoms with E-state index < -0.39 is 0 Å². The summed E-state index contributed by atoms with van der Waals surface area (Å²) >= 11 is 0. The zero-order valence-corrected chi connectivity index (χ0v) is 11.1. The fraction of sp³-hybridized carbons (Fsp3) is 0.200. The van der Waals surface area contributed by atoms with Gasteiger partial charge >= 0.3 is 0 Å². The Labute approximate surface area is 113 Å². The van der Waals surface area contributed by atoms with Crippen molar-refractivity contribution in [3.8, 4) is 11.5 Å². The van der Waals surface area contributed by atoms with E-state index in [-0.39, 0.29) is 0 Å².